The smallest absolute Gasteiger partial charge is 0.332 e. The summed E-state index contributed by atoms with van der Waals surface area (Å²) < 4.78 is 13.4. The zero-order valence-corrected chi connectivity index (χ0v) is 18.3. The molecule has 1 amide bonds. The third-order valence-corrected chi connectivity index (χ3v) is 4.97. The van der Waals surface area contributed by atoms with Gasteiger partial charge >= 0.3 is 5.69 Å². The normalized spacial score (nSPS) is 10.9. The molecule has 0 unspecified atom stereocenters. The number of anilines is 1. The van der Waals surface area contributed by atoms with Crippen LogP contribution in [0.2, 0.25) is 0 Å². The van der Waals surface area contributed by atoms with E-state index >= 15 is 0 Å². The third kappa shape index (κ3) is 4.03. The number of pyridine rings is 1. The average Bonchev–Trinajstić information content (AvgIpc) is 2.77. The summed E-state index contributed by atoms with van der Waals surface area (Å²) in [7, 11) is 2.93. The molecule has 0 fully saturated rings. The highest BCUT2D eigenvalue weighted by molar-refractivity contribution is 6.09. The molecule has 0 aliphatic rings. The molecule has 1 aromatic carbocycles. The lowest BCUT2D eigenvalue weighted by Crippen LogP contribution is -2.38. The molecular formula is C22H26N4O5. The summed E-state index contributed by atoms with van der Waals surface area (Å²) in [5.41, 5.74) is 0.591. The van der Waals surface area contributed by atoms with Crippen molar-refractivity contribution in [1.82, 2.24) is 14.1 Å². The largest absolute Gasteiger partial charge is 0.490 e. The number of fused-ring (bicyclic) bond motifs is 1. The first-order chi connectivity index (χ1) is 14.8. The van der Waals surface area contributed by atoms with Gasteiger partial charge in [-0.1, -0.05) is 6.92 Å². The Morgan fingerprint density at radius 2 is 1.71 bits per heavy atom. The molecule has 0 radical (unpaired) electrons. The maximum atomic E-state index is 13.1. The molecule has 0 spiro atoms. The lowest BCUT2D eigenvalue weighted by molar-refractivity contribution is 0.102. The monoisotopic (exact) mass is 426 g/mol. The minimum Gasteiger partial charge on any atom is -0.490 e. The van der Waals surface area contributed by atoms with Crippen molar-refractivity contribution in [1.29, 1.82) is 0 Å². The number of aromatic nitrogens is 3. The Labute approximate surface area is 179 Å². The molecule has 164 valence electrons. The van der Waals surface area contributed by atoms with Gasteiger partial charge in [-0.3, -0.25) is 18.7 Å². The second kappa shape index (κ2) is 9.03. The van der Waals surface area contributed by atoms with Crippen LogP contribution in [0.25, 0.3) is 11.0 Å². The van der Waals surface area contributed by atoms with Gasteiger partial charge in [0.15, 0.2) is 17.1 Å². The molecule has 2 heterocycles. The van der Waals surface area contributed by atoms with Crippen molar-refractivity contribution in [3.05, 3.63) is 56.4 Å². The first kappa shape index (κ1) is 22.1. The van der Waals surface area contributed by atoms with E-state index in [1.807, 2.05) is 20.8 Å². The van der Waals surface area contributed by atoms with Crippen molar-refractivity contribution >= 4 is 22.6 Å². The molecule has 31 heavy (non-hydrogen) atoms. The molecule has 0 atom stereocenters. The molecule has 3 aromatic rings. The van der Waals surface area contributed by atoms with Gasteiger partial charge in [-0.05, 0) is 44.0 Å². The maximum Gasteiger partial charge on any atom is 0.332 e. The van der Waals surface area contributed by atoms with E-state index < -0.39 is 17.2 Å². The number of aryl methyl sites for hydroxylation is 2. The molecule has 2 aromatic heterocycles. The van der Waals surface area contributed by atoms with Gasteiger partial charge in [0.1, 0.15) is 5.39 Å². The number of ether oxygens (including phenoxy) is 2. The zero-order valence-electron chi connectivity index (χ0n) is 18.3. The highest BCUT2D eigenvalue weighted by atomic mass is 16.5. The SMILES string of the molecule is CCOc1ccc(C(=O)Nc2c(CC)cnc3c2c(=O)n(C)c(=O)n3C)cc1OCC. The number of rotatable bonds is 7. The number of benzene rings is 1. The number of carbonyl (C=O) groups is 1. The van der Waals surface area contributed by atoms with Gasteiger partial charge in [0.05, 0.1) is 18.9 Å². The highest BCUT2D eigenvalue weighted by Crippen LogP contribution is 2.30. The van der Waals surface area contributed by atoms with Crippen LogP contribution in [-0.4, -0.2) is 33.2 Å². The van der Waals surface area contributed by atoms with E-state index in [2.05, 4.69) is 10.3 Å². The number of hydrogen-bond donors (Lipinski definition) is 1. The fourth-order valence-electron chi connectivity index (χ4n) is 3.36. The minimum atomic E-state index is -0.516. The number of carbonyl (C=O) groups excluding carboxylic acids is 1. The third-order valence-electron chi connectivity index (χ3n) is 4.97. The van der Waals surface area contributed by atoms with Crippen molar-refractivity contribution in [2.75, 3.05) is 18.5 Å². The van der Waals surface area contributed by atoms with Crippen molar-refractivity contribution in [2.45, 2.75) is 27.2 Å². The van der Waals surface area contributed by atoms with Crippen molar-refractivity contribution in [3.63, 3.8) is 0 Å². The Morgan fingerprint density at radius 1 is 1.03 bits per heavy atom. The highest BCUT2D eigenvalue weighted by Gasteiger charge is 2.20. The van der Waals surface area contributed by atoms with Gasteiger partial charge < -0.3 is 14.8 Å². The lowest BCUT2D eigenvalue weighted by Gasteiger charge is -2.16. The van der Waals surface area contributed by atoms with Crippen LogP contribution in [0.1, 0.15) is 36.7 Å². The molecule has 9 nitrogen and oxygen atoms in total. The number of nitrogens with one attached hydrogen (secondary N) is 1. The summed E-state index contributed by atoms with van der Waals surface area (Å²) in [6.07, 6.45) is 2.11. The number of amides is 1. The topological polar surface area (TPSA) is 104 Å². The molecule has 0 bridgehead atoms. The van der Waals surface area contributed by atoms with Crippen LogP contribution in [-0.2, 0) is 20.5 Å². The number of hydrogen-bond acceptors (Lipinski definition) is 6. The Bertz CT molecular complexity index is 1260. The van der Waals surface area contributed by atoms with Gasteiger partial charge in [0, 0.05) is 25.9 Å². The van der Waals surface area contributed by atoms with Gasteiger partial charge in [-0.15, -0.1) is 0 Å². The van der Waals surface area contributed by atoms with Crippen molar-refractivity contribution < 1.29 is 14.3 Å². The van der Waals surface area contributed by atoms with Gasteiger partial charge in [0.25, 0.3) is 11.5 Å². The van der Waals surface area contributed by atoms with Gasteiger partial charge in [-0.25, -0.2) is 9.78 Å². The molecule has 0 saturated carbocycles. The number of nitrogens with zero attached hydrogens (tertiary/aromatic N) is 3. The standard InChI is InChI=1S/C22H26N4O5/c1-6-13-12-23-19-17(21(28)26(5)22(29)25(19)4)18(13)24-20(27)14-9-10-15(30-7-2)16(11-14)31-8-3/h9-12H,6-8H2,1-5H3,(H,23,24,27). The predicted octanol–water partition coefficient (Wildman–Crippen LogP) is 2.24. The Morgan fingerprint density at radius 3 is 2.35 bits per heavy atom. The van der Waals surface area contributed by atoms with Crippen LogP contribution in [0.4, 0.5) is 5.69 Å². The Hall–Kier alpha value is -3.62. The summed E-state index contributed by atoms with van der Waals surface area (Å²) in [6.45, 7) is 6.50. The van der Waals surface area contributed by atoms with Gasteiger partial charge in [0.2, 0.25) is 0 Å². The molecule has 0 aliphatic heterocycles. The first-order valence-corrected chi connectivity index (χ1v) is 10.1. The second-order valence-corrected chi connectivity index (χ2v) is 6.90. The average molecular weight is 426 g/mol. The van der Waals surface area contributed by atoms with Crippen LogP contribution >= 0.6 is 0 Å². The van der Waals surface area contributed by atoms with E-state index in [0.717, 1.165) is 4.57 Å². The van der Waals surface area contributed by atoms with Crippen LogP contribution in [0, 0.1) is 0 Å². The second-order valence-electron chi connectivity index (χ2n) is 6.90. The molecule has 0 saturated heterocycles. The van der Waals surface area contributed by atoms with Crippen molar-refractivity contribution in [2.24, 2.45) is 14.1 Å². The fraction of sp³-hybridized carbons (Fsp3) is 0.364. The Balaban J connectivity index is 2.13. The molecular weight excluding hydrogens is 400 g/mol. The van der Waals surface area contributed by atoms with Crippen LogP contribution in [0.3, 0.4) is 0 Å². The zero-order chi connectivity index (χ0) is 22.7. The van der Waals surface area contributed by atoms with Crippen LogP contribution in [0.5, 0.6) is 11.5 Å². The summed E-state index contributed by atoms with van der Waals surface area (Å²) in [6, 6.07) is 4.91. The molecule has 9 heteroatoms. The van der Waals surface area contributed by atoms with E-state index in [1.165, 1.54) is 18.7 Å². The van der Waals surface area contributed by atoms with Crippen LogP contribution < -0.4 is 26.0 Å². The van der Waals surface area contributed by atoms with E-state index in [9.17, 15) is 14.4 Å². The molecule has 1 N–H and O–H groups in total. The fourth-order valence-corrected chi connectivity index (χ4v) is 3.36. The molecule has 3 rings (SSSR count). The van der Waals surface area contributed by atoms with E-state index in [1.54, 1.807) is 24.4 Å². The minimum absolute atomic E-state index is 0.188. The Kier molecular flexibility index (Phi) is 6.43. The van der Waals surface area contributed by atoms with E-state index in [-0.39, 0.29) is 11.0 Å². The summed E-state index contributed by atoms with van der Waals surface area (Å²) >= 11 is 0. The lowest BCUT2D eigenvalue weighted by atomic mass is 10.1. The predicted molar refractivity (Wildman–Crippen MR) is 118 cm³/mol. The quantitative estimate of drug-likeness (QED) is 0.621. The van der Waals surface area contributed by atoms with Crippen molar-refractivity contribution in [3.8, 4) is 11.5 Å². The van der Waals surface area contributed by atoms with E-state index in [0.29, 0.717) is 47.9 Å². The summed E-state index contributed by atoms with van der Waals surface area (Å²) in [5.74, 6) is 0.598. The maximum absolute atomic E-state index is 13.1. The summed E-state index contributed by atoms with van der Waals surface area (Å²) in [5, 5.41) is 3.04. The van der Waals surface area contributed by atoms with Crippen LogP contribution in [0.15, 0.2) is 34.0 Å². The van der Waals surface area contributed by atoms with Gasteiger partial charge in [-0.2, -0.15) is 0 Å². The van der Waals surface area contributed by atoms with E-state index in [4.69, 9.17) is 9.47 Å². The molecule has 0 aliphatic carbocycles. The summed E-state index contributed by atoms with van der Waals surface area (Å²) in [4.78, 5) is 42.5. The first-order valence-electron chi connectivity index (χ1n) is 10.1.